The molecule has 2 atom stereocenters. The average Bonchev–Trinajstić information content (AvgIpc) is 2.56. The predicted molar refractivity (Wildman–Crippen MR) is 93.1 cm³/mol. The molecule has 1 aromatic rings. The van der Waals surface area contributed by atoms with Crippen molar-refractivity contribution >= 4 is 27.5 Å². The SMILES string of the molecule is ClC1(c2cnc(Br)cn2)C=CC=C2OC3(CCNCC3)CCC21. The first kappa shape index (κ1) is 15.6. The number of allylic oxidation sites excluding steroid dienone is 4. The number of rotatable bonds is 1. The van der Waals surface area contributed by atoms with Gasteiger partial charge in [0.15, 0.2) is 0 Å². The Hall–Kier alpha value is -0.910. The molecule has 2 saturated heterocycles. The summed E-state index contributed by atoms with van der Waals surface area (Å²) < 4.78 is 7.20. The first-order chi connectivity index (χ1) is 11.1. The smallest absolute Gasteiger partial charge is 0.124 e. The van der Waals surface area contributed by atoms with Crippen molar-refractivity contribution in [3.05, 3.63) is 46.7 Å². The fourth-order valence-corrected chi connectivity index (χ4v) is 4.49. The molecule has 6 heteroatoms. The second kappa shape index (κ2) is 5.87. The summed E-state index contributed by atoms with van der Waals surface area (Å²) >= 11 is 10.3. The summed E-state index contributed by atoms with van der Waals surface area (Å²) in [6, 6.07) is 0. The van der Waals surface area contributed by atoms with Crippen LogP contribution in [0.5, 0.6) is 0 Å². The lowest BCUT2D eigenvalue weighted by atomic mass is 9.74. The molecule has 4 rings (SSSR count). The van der Waals surface area contributed by atoms with Crippen LogP contribution in [0.2, 0.25) is 0 Å². The van der Waals surface area contributed by atoms with Gasteiger partial charge >= 0.3 is 0 Å². The summed E-state index contributed by atoms with van der Waals surface area (Å²) in [4.78, 5) is 8.10. The number of fused-ring (bicyclic) bond motifs is 1. The monoisotopic (exact) mass is 395 g/mol. The number of nitrogens with zero attached hydrogens (tertiary/aromatic N) is 2. The van der Waals surface area contributed by atoms with Gasteiger partial charge in [0.2, 0.25) is 0 Å². The van der Waals surface area contributed by atoms with E-state index in [1.165, 1.54) is 0 Å². The Morgan fingerprint density at radius 3 is 2.78 bits per heavy atom. The fraction of sp³-hybridized carbons (Fsp3) is 0.529. The Balaban J connectivity index is 1.63. The molecule has 0 saturated carbocycles. The third-order valence-corrected chi connectivity index (χ3v) is 6.19. The summed E-state index contributed by atoms with van der Waals surface area (Å²) in [5.74, 6) is 1.12. The zero-order valence-electron chi connectivity index (χ0n) is 12.8. The second-order valence-electron chi connectivity index (χ2n) is 6.55. The van der Waals surface area contributed by atoms with E-state index < -0.39 is 4.87 Å². The molecule has 0 bridgehead atoms. The maximum Gasteiger partial charge on any atom is 0.124 e. The van der Waals surface area contributed by atoms with Crippen molar-refractivity contribution in [3.8, 4) is 0 Å². The number of aromatic nitrogens is 2. The Kier molecular flexibility index (Phi) is 3.98. The molecule has 3 heterocycles. The minimum atomic E-state index is -0.674. The lowest BCUT2D eigenvalue weighted by Crippen LogP contribution is -2.49. The van der Waals surface area contributed by atoms with Crippen LogP contribution in [-0.4, -0.2) is 28.7 Å². The zero-order valence-corrected chi connectivity index (χ0v) is 15.1. The third-order valence-electron chi connectivity index (χ3n) is 5.20. The standard InChI is InChI=1S/C17H19BrClN3O/c18-15-11-21-14(10-22-15)17(19)4-1-2-13-12(17)3-5-16(23-13)6-8-20-9-7-16/h1-2,4,10-12,20H,3,5-9H2. The summed E-state index contributed by atoms with van der Waals surface area (Å²) in [7, 11) is 0. The van der Waals surface area contributed by atoms with Gasteiger partial charge in [-0.25, -0.2) is 4.98 Å². The molecule has 1 N–H and O–H groups in total. The van der Waals surface area contributed by atoms with E-state index in [9.17, 15) is 0 Å². The van der Waals surface area contributed by atoms with Crippen LogP contribution in [-0.2, 0) is 9.61 Å². The van der Waals surface area contributed by atoms with Crippen LogP contribution in [0.1, 0.15) is 31.4 Å². The Morgan fingerprint density at radius 2 is 2.04 bits per heavy atom. The lowest BCUT2D eigenvalue weighted by molar-refractivity contribution is -0.0752. The lowest BCUT2D eigenvalue weighted by Gasteiger charge is -2.48. The molecule has 1 aromatic heterocycles. The molecule has 2 fully saturated rings. The summed E-state index contributed by atoms with van der Waals surface area (Å²) in [6.07, 6.45) is 13.7. The molecule has 23 heavy (non-hydrogen) atoms. The minimum absolute atomic E-state index is 0.0119. The Labute approximate surface area is 149 Å². The molecule has 122 valence electrons. The maximum absolute atomic E-state index is 7.02. The van der Waals surface area contributed by atoms with Crippen LogP contribution < -0.4 is 5.32 Å². The van der Waals surface area contributed by atoms with Crippen LogP contribution in [0.3, 0.4) is 0 Å². The van der Waals surface area contributed by atoms with Crippen molar-refractivity contribution in [1.82, 2.24) is 15.3 Å². The number of nitrogens with one attached hydrogen (secondary N) is 1. The van der Waals surface area contributed by atoms with Gasteiger partial charge in [0, 0.05) is 5.92 Å². The van der Waals surface area contributed by atoms with Gasteiger partial charge in [-0.1, -0.05) is 12.2 Å². The molecule has 0 radical (unpaired) electrons. The quantitative estimate of drug-likeness (QED) is 0.736. The highest BCUT2D eigenvalue weighted by Crippen LogP contribution is 2.52. The minimum Gasteiger partial charge on any atom is -0.491 e. The Bertz CT molecular complexity index is 654. The van der Waals surface area contributed by atoms with Crippen LogP contribution in [0.15, 0.2) is 41.0 Å². The summed E-state index contributed by atoms with van der Waals surface area (Å²) in [6.45, 7) is 2.05. The highest BCUT2D eigenvalue weighted by Gasteiger charge is 2.49. The van der Waals surface area contributed by atoms with Crippen molar-refractivity contribution < 1.29 is 4.74 Å². The highest BCUT2D eigenvalue weighted by atomic mass is 79.9. The van der Waals surface area contributed by atoms with Gasteiger partial charge < -0.3 is 10.1 Å². The molecule has 1 spiro atoms. The average molecular weight is 397 g/mol. The summed E-state index contributed by atoms with van der Waals surface area (Å²) in [5, 5.41) is 3.41. The van der Waals surface area contributed by atoms with Gasteiger partial charge in [0.05, 0.1) is 18.1 Å². The topological polar surface area (TPSA) is 47.0 Å². The van der Waals surface area contributed by atoms with Crippen molar-refractivity contribution in [2.75, 3.05) is 13.1 Å². The van der Waals surface area contributed by atoms with Crippen LogP contribution in [0.25, 0.3) is 0 Å². The van der Waals surface area contributed by atoms with E-state index in [-0.39, 0.29) is 11.5 Å². The predicted octanol–water partition coefficient (Wildman–Crippen LogP) is 3.68. The van der Waals surface area contributed by atoms with Crippen molar-refractivity contribution in [2.45, 2.75) is 36.2 Å². The normalized spacial score (nSPS) is 32.1. The molecule has 2 unspecified atom stereocenters. The second-order valence-corrected chi connectivity index (χ2v) is 7.98. The van der Waals surface area contributed by atoms with E-state index in [1.54, 1.807) is 12.4 Å². The van der Waals surface area contributed by atoms with E-state index in [4.69, 9.17) is 16.3 Å². The molecule has 0 aromatic carbocycles. The van der Waals surface area contributed by atoms with Gasteiger partial charge in [-0.15, -0.1) is 11.6 Å². The van der Waals surface area contributed by atoms with E-state index in [2.05, 4.69) is 37.3 Å². The fourth-order valence-electron chi connectivity index (χ4n) is 3.90. The first-order valence-electron chi connectivity index (χ1n) is 8.07. The molecule has 1 aliphatic carbocycles. The third kappa shape index (κ3) is 2.73. The van der Waals surface area contributed by atoms with Crippen molar-refractivity contribution in [2.24, 2.45) is 5.92 Å². The Morgan fingerprint density at radius 1 is 1.22 bits per heavy atom. The number of hydrogen-bond acceptors (Lipinski definition) is 4. The van der Waals surface area contributed by atoms with Gasteiger partial charge in [-0.05, 0) is 60.8 Å². The molecular weight excluding hydrogens is 378 g/mol. The first-order valence-corrected chi connectivity index (χ1v) is 9.25. The van der Waals surface area contributed by atoms with E-state index in [0.717, 1.165) is 50.2 Å². The molecular formula is C17H19BrClN3O. The molecule has 0 amide bonds. The molecule has 2 aliphatic heterocycles. The number of halogens is 2. The highest BCUT2D eigenvalue weighted by molar-refractivity contribution is 9.10. The van der Waals surface area contributed by atoms with Gasteiger partial charge in [0.1, 0.15) is 20.8 Å². The van der Waals surface area contributed by atoms with E-state index in [1.807, 2.05) is 12.2 Å². The number of ether oxygens (including phenoxy) is 1. The van der Waals surface area contributed by atoms with Crippen LogP contribution in [0.4, 0.5) is 0 Å². The molecule has 4 nitrogen and oxygen atoms in total. The van der Waals surface area contributed by atoms with Crippen LogP contribution >= 0.6 is 27.5 Å². The molecule has 3 aliphatic rings. The number of alkyl halides is 1. The zero-order chi connectivity index (χ0) is 15.9. The summed E-state index contributed by atoms with van der Waals surface area (Å²) in [5.41, 5.74) is 0.765. The van der Waals surface area contributed by atoms with E-state index >= 15 is 0 Å². The number of hydrogen-bond donors (Lipinski definition) is 1. The van der Waals surface area contributed by atoms with Gasteiger partial charge in [0.25, 0.3) is 0 Å². The maximum atomic E-state index is 7.02. The van der Waals surface area contributed by atoms with Crippen molar-refractivity contribution in [3.63, 3.8) is 0 Å². The van der Waals surface area contributed by atoms with Crippen molar-refractivity contribution in [1.29, 1.82) is 0 Å². The van der Waals surface area contributed by atoms with Crippen LogP contribution in [0, 0.1) is 5.92 Å². The van der Waals surface area contributed by atoms with Gasteiger partial charge in [-0.2, -0.15) is 0 Å². The van der Waals surface area contributed by atoms with Gasteiger partial charge in [-0.3, -0.25) is 4.98 Å². The van der Waals surface area contributed by atoms with E-state index in [0.29, 0.717) is 4.60 Å². The number of piperidine rings is 1. The largest absolute Gasteiger partial charge is 0.491 e.